The highest BCUT2D eigenvalue weighted by molar-refractivity contribution is 7.89. The van der Waals surface area contributed by atoms with E-state index < -0.39 is 16.0 Å². The number of benzene rings is 1. The molecule has 8 heteroatoms. The molecule has 1 heterocycles. The monoisotopic (exact) mass is 424 g/mol. The van der Waals surface area contributed by atoms with Gasteiger partial charge in [0.15, 0.2) is 0 Å². The molecule has 1 N–H and O–H groups in total. The molecule has 0 spiro atoms. The Kier molecular flexibility index (Phi) is 9.10. The summed E-state index contributed by atoms with van der Waals surface area (Å²) in [5.41, 5.74) is 0.320. The number of unbranched alkanes of at least 4 members (excludes halogenated alkanes) is 3. The highest BCUT2D eigenvalue weighted by atomic mass is 32.2. The SMILES string of the molecule is CCCCCCNC(=O)C1CCN(S(=O)(=O)c2ccc(C(=O)OCC)cc2)CC1. The molecule has 0 atom stereocenters. The summed E-state index contributed by atoms with van der Waals surface area (Å²) < 4.78 is 32.0. The molecule has 1 aromatic rings. The molecule has 29 heavy (non-hydrogen) atoms. The van der Waals surface area contributed by atoms with Gasteiger partial charge in [-0.25, -0.2) is 13.2 Å². The van der Waals surface area contributed by atoms with Gasteiger partial charge in [-0.1, -0.05) is 26.2 Å². The fourth-order valence-corrected chi connectivity index (χ4v) is 4.86. The van der Waals surface area contributed by atoms with E-state index >= 15 is 0 Å². The summed E-state index contributed by atoms with van der Waals surface area (Å²) in [6, 6.07) is 5.78. The van der Waals surface area contributed by atoms with Crippen molar-refractivity contribution in [1.82, 2.24) is 9.62 Å². The number of piperidine rings is 1. The van der Waals surface area contributed by atoms with E-state index in [4.69, 9.17) is 4.74 Å². The third kappa shape index (κ3) is 6.54. The Morgan fingerprint density at radius 1 is 1.07 bits per heavy atom. The summed E-state index contributed by atoms with van der Waals surface area (Å²) in [5, 5.41) is 2.97. The quantitative estimate of drug-likeness (QED) is 0.460. The van der Waals surface area contributed by atoms with Gasteiger partial charge in [-0.05, 0) is 50.5 Å². The zero-order valence-electron chi connectivity index (χ0n) is 17.4. The maximum absolute atomic E-state index is 12.9. The third-order valence-corrected chi connectivity index (χ3v) is 7.07. The molecule has 162 valence electrons. The number of hydrogen-bond acceptors (Lipinski definition) is 5. The molecule has 0 saturated carbocycles. The van der Waals surface area contributed by atoms with Crippen LogP contribution in [0.3, 0.4) is 0 Å². The molecule has 2 rings (SSSR count). The van der Waals surface area contributed by atoms with E-state index in [-0.39, 0.29) is 23.3 Å². The Morgan fingerprint density at radius 3 is 2.31 bits per heavy atom. The average molecular weight is 425 g/mol. The van der Waals surface area contributed by atoms with Crippen LogP contribution in [-0.2, 0) is 19.6 Å². The van der Waals surface area contributed by atoms with Gasteiger partial charge in [-0.15, -0.1) is 0 Å². The Labute approximate surface area is 173 Å². The van der Waals surface area contributed by atoms with Crippen molar-refractivity contribution in [2.75, 3.05) is 26.2 Å². The van der Waals surface area contributed by atoms with Gasteiger partial charge in [0.25, 0.3) is 0 Å². The topological polar surface area (TPSA) is 92.8 Å². The van der Waals surface area contributed by atoms with Crippen molar-refractivity contribution in [1.29, 1.82) is 0 Å². The number of nitrogens with one attached hydrogen (secondary N) is 1. The van der Waals surface area contributed by atoms with Crippen molar-refractivity contribution < 1.29 is 22.7 Å². The number of amides is 1. The van der Waals surface area contributed by atoms with E-state index in [2.05, 4.69) is 12.2 Å². The molecule has 1 fully saturated rings. The minimum atomic E-state index is -3.64. The van der Waals surface area contributed by atoms with Crippen LogP contribution in [0.1, 0.15) is 62.7 Å². The van der Waals surface area contributed by atoms with E-state index in [1.54, 1.807) is 6.92 Å². The number of carbonyl (C=O) groups excluding carboxylic acids is 2. The minimum absolute atomic E-state index is 0.0253. The molecular formula is C21H32N2O5S. The fraction of sp³-hybridized carbons (Fsp3) is 0.619. The molecule has 1 aliphatic heterocycles. The van der Waals surface area contributed by atoms with Crippen LogP contribution in [0.25, 0.3) is 0 Å². The summed E-state index contributed by atoms with van der Waals surface area (Å²) in [5.74, 6) is -0.589. The number of nitrogens with zero attached hydrogens (tertiary/aromatic N) is 1. The maximum atomic E-state index is 12.9. The van der Waals surface area contributed by atoms with Crippen molar-refractivity contribution in [3.05, 3.63) is 29.8 Å². The molecule has 0 aliphatic carbocycles. The lowest BCUT2D eigenvalue weighted by atomic mass is 9.97. The highest BCUT2D eigenvalue weighted by Gasteiger charge is 2.32. The summed E-state index contributed by atoms with van der Waals surface area (Å²) in [4.78, 5) is 24.1. The molecular weight excluding hydrogens is 392 g/mol. The fourth-order valence-electron chi connectivity index (χ4n) is 3.39. The van der Waals surface area contributed by atoms with Crippen molar-refractivity contribution in [3.8, 4) is 0 Å². The summed E-state index contributed by atoms with van der Waals surface area (Å²) in [6.07, 6.45) is 5.46. The first kappa shape index (κ1) is 23.3. The van der Waals surface area contributed by atoms with Crippen LogP contribution < -0.4 is 5.32 Å². The Balaban J connectivity index is 1.87. The van der Waals surface area contributed by atoms with Crippen LogP contribution in [-0.4, -0.2) is 50.8 Å². The van der Waals surface area contributed by atoms with E-state index in [0.29, 0.717) is 38.0 Å². The van der Waals surface area contributed by atoms with Gasteiger partial charge in [0.1, 0.15) is 0 Å². The maximum Gasteiger partial charge on any atom is 0.338 e. The van der Waals surface area contributed by atoms with Gasteiger partial charge in [-0.2, -0.15) is 4.31 Å². The number of hydrogen-bond donors (Lipinski definition) is 1. The summed E-state index contributed by atoms with van der Waals surface area (Å²) in [6.45, 7) is 5.44. The standard InChI is InChI=1S/C21H32N2O5S/c1-3-5-6-7-14-22-20(24)17-12-15-23(16-13-17)29(26,27)19-10-8-18(9-11-19)21(25)28-4-2/h8-11,17H,3-7,12-16H2,1-2H3,(H,22,24). The number of ether oxygens (including phenoxy) is 1. The third-order valence-electron chi connectivity index (χ3n) is 5.16. The second-order valence-electron chi connectivity index (χ2n) is 7.27. The number of sulfonamides is 1. The molecule has 7 nitrogen and oxygen atoms in total. The Morgan fingerprint density at radius 2 is 1.72 bits per heavy atom. The molecule has 0 radical (unpaired) electrons. The second kappa shape index (κ2) is 11.3. The van der Waals surface area contributed by atoms with Gasteiger partial charge in [0.2, 0.25) is 15.9 Å². The first-order chi connectivity index (χ1) is 13.9. The van der Waals surface area contributed by atoms with Crippen molar-refractivity contribution >= 4 is 21.9 Å². The zero-order valence-corrected chi connectivity index (χ0v) is 18.2. The average Bonchev–Trinajstić information content (AvgIpc) is 2.74. The molecule has 0 unspecified atom stereocenters. The molecule has 1 aromatic carbocycles. The lowest BCUT2D eigenvalue weighted by molar-refractivity contribution is -0.126. The summed E-state index contributed by atoms with van der Waals surface area (Å²) >= 11 is 0. The Bertz CT molecular complexity index is 769. The van der Waals surface area contributed by atoms with Crippen LogP contribution in [0.4, 0.5) is 0 Å². The Hall–Kier alpha value is -1.93. The van der Waals surface area contributed by atoms with Gasteiger partial charge >= 0.3 is 5.97 Å². The van der Waals surface area contributed by atoms with Gasteiger partial charge < -0.3 is 10.1 Å². The van der Waals surface area contributed by atoms with Gasteiger partial charge in [0, 0.05) is 25.6 Å². The zero-order chi connectivity index (χ0) is 21.3. The van der Waals surface area contributed by atoms with Gasteiger partial charge in [-0.3, -0.25) is 4.79 Å². The van der Waals surface area contributed by atoms with E-state index in [9.17, 15) is 18.0 Å². The van der Waals surface area contributed by atoms with Crippen LogP contribution >= 0.6 is 0 Å². The number of rotatable bonds is 10. The summed E-state index contributed by atoms with van der Waals surface area (Å²) in [7, 11) is -3.64. The molecule has 0 bridgehead atoms. The van der Waals surface area contributed by atoms with Gasteiger partial charge in [0.05, 0.1) is 17.1 Å². The van der Waals surface area contributed by atoms with E-state index in [1.165, 1.54) is 35.0 Å². The van der Waals surface area contributed by atoms with E-state index in [0.717, 1.165) is 19.3 Å². The van der Waals surface area contributed by atoms with Crippen molar-refractivity contribution in [2.24, 2.45) is 5.92 Å². The van der Waals surface area contributed by atoms with E-state index in [1.807, 2.05) is 0 Å². The van der Waals surface area contributed by atoms with Crippen LogP contribution in [0.15, 0.2) is 29.2 Å². The molecule has 1 aliphatic rings. The minimum Gasteiger partial charge on any atom is -0.462 e. The first-order valence-electron chi connectivity index (χ1n) is 10.4. The highest BCUT2D eigenvalue weighted by Crippen LogP contribution is 2.24. The normalized spacial score (nSPS) is 15.8. The van der Waals surface area contributed by atoms with Crippen molar-refractivity contribution in [3.63, 3.8) is 0 Å². The lowest BCUT2D eigenvalue weighted by Gasteiger charge is -2.30. The number of esters is 1. The predicted octanol–water partition coefficient (Wildman–Crippen LogP) is 2.96. The second-order valence-corrected chi connectivity index (χ2v) is 9.21. The van der Waals surface area contributed by atoms with Crippen LogP contribution in [0.2, 0.25) is 0 Å². The largest absolute Gasteiger partial charge is 0.462 e. The lowest BCUT2D eigenvalue weighted by Crippen LogP contribution is -2.43. The van der Waals surface area contributed by atoms with Crippen LogP contribution in [0.5, 0.6) is 0 Å². The molecule has 0 aromatic heterocycles. The number of carbonyl (C=O) groups is 2. The first-order valence-corrected chi connectivity index (χ1v) is 11.9. The van der Waals surface area contributed by atoms with Crippen molar-refractivity contribution in [2.45, 2.75) is 57.3 Å². The molecule has 1 amide bonds. The van der Waals surface area contributed by atoms with Crippen LogP contribution in [0, 0.1) is 5.92 Å². The predicted molar refractivity (Wildman–Crippen MR) is 111 cm³/mol. The molecule has 1 saturated heterocycles. The smallest absolute Gasteiger partial charge is 0.338 e.